The van der Waals surface area contributed by atoms with E-state index in [1.54, 1.807) is 41.5 Å². The Hall–Kier alpha value is -6.60. The van der Waals surface area contributed by atoms with Crippen LogP contribution >= 0.6 is 0 Å². The Morgan fingerprint density at radius 2 is 1.14 bits per heavy atom. The number of carbonyl (C=O) groups excluding carboxylic acids is 4. The van der Waals surface area contributed by atoms with Crippen molar-refractivity contribution in [3.63, 3.8) is 0 Å². The number of aryl methyl sites for hydroxylation is 6. The lowest BCUT2D eigenvalue weighted by Crippen LogP contribution is -2.49. The standard InChI is InChI=1S/C39H44F4N12O4/c1-9-54-29(13-21(5)48-54)34(58)46-36-50(7)27-16-23(32(44)56)11-12-26(27)52(36)18-38(40,41)39(42,43)19-53-31-25(20(3)4)15-24(33(45)57)17-28(31)51(8)37(53)47-35(59)30-14-22(6)49-55(30)10-2/h11-17,20H,9-10,18-19H2,1-8H3,(H2,44,56)(H2,45,57)/b46-36+,47-37+. The van der Waals surface area contributed by atoms with Gasteiger partial charge in [0.1, 0.15) is 11.4 Å². The molecule has 20 heteroatoms. The lowest BCUT2D eigenvalue weighted by atomic mass is 9.98. The highest BCUT2D eigenvalue weighted by molar-refractivity contribution is 5.98. The zero-order valence-electron chi connectivity index (χ0n) is 33.7. The number of nitrogens with zero attached hydrogens (tertiary/aromatic N) is 10. The van der Waals surface area contributed by atoms with E-state index in [0.717, 1.165) is 9.13 Å². The third-order valence-electron chi connectivity index (χ3n) is 10.1. The maximum absolute atomic E-state index is 16.8. The Labute approximate surface area is 334 Å². The second-order valence-electron chi connectivity index (χ2n) is 14.6. The van der Waals surface area contributed by atoms with E-state index in [9.17, 15) is 19.2 Å². The molecule has 312 valence electrons. The minimum Gasteiger partial charge on any atom is -0.366 e. The fraction of sp³-hybridized carbons (Fsp3) is 0.385. The van der Waals surface area contributed by atoms with Gasteiger partial charge in [-0.15, -0.1) is 0 Å². The van der Waals surface area contributed by atoms with Crippen LogP contribution in [0.15, 0.2) is 52.4 Å². The average molecular weight is 821 g/mol. The first kappa shape index (κ1) is 42.0. The van der Waals surface area contributed by atoms with Crippen molar-refractivity contribution < 1.29 is 36.7 Å². The van der Waals surface area contributed by atoms with E-state index in [1.165, 1.54) is 75.1 Å². The molecule has 0 fully saturated rings. The van der Waals surface area contributed by atoms with E-state index in [1.807, 2.05) is 0 Å². The summed E-state index contributed by atoms with van der Waals surface area (Å²) in [6, 6.07) is 9.42. The van der Waals surface area contributed by atoms with Crippen LogP contribution in [0.3, 0.4) is 0 Å². The largest absolute Gasteiger partial charge is 0.366 e. The summed E-state index contributed by atoms with van der Waals surface area (Å²) >= 11 is 0. The van der Waals surface area contributed by atoms with Crippen molar-refractivity contribution in [2.75, 3.05) is 0 Å². The van der Waals surface area contributed by atoms with Crippen LogP contribution in [-0.4, -0.2) is 73.3 Å². The molecule has 6 rings (SSSR count). The van der Waals surface area contributed by atoms with E-state index < -0.39 is 65.7 Å². The van der Waals surface area contributed by atoms with Gasteiger partial charge in [0.15, 0.2) is 0 Å². The molecule has 59 heavy (non-hydrogen) atoms. The summed E-state index contributed by atoms with van der Waals surface area (Å²) in [5.41, 5.74) is 11.9. The summed E-state index contributed by atoms with van der Waals surface area (Å²) in [5.74, 6) is -13.6. The summed E-state index contributed by atoms with van der Waals surface area (Å²) in [6.45, 7) is 7.39. The molecule has 0 aliphatic heterocycles. The molecule has 0 radical (unpaired) electrons. The molecule has 4 aromatic heterocycles. The molecule has 0 aliphatic rings. The van der Waals surface area contributed by atoms with Gasteiger partial charge in [0.2, 0.25) is 23.1 Å². The van der Waals surface area contributed by atoms with Gasteiger partial charge in [-0.1, -0.05) is 13.8 Å². The molecule has 0 unspecified atom stereocenters. The molecule has 0 spiro atoms. The zero-order chi connectivity index (χ0) is 43.5. The number of halogens is 4. The van der Waals surface area contributed by atoms with Gasteiger partial charge < -0.3 is 29.7 Å². The molecule has 4 N–H and O–H groups in total. The highest BCUT2D eigenvalue weighted by atomic mass is 19.3. The second-order valence-corrected chi connectivity index (χ2v) is 14.6. The fourth-order valence-electron chi connectivity index (χ4n) is 7.15. The summed E-state index contributed by atoms with van der Waals surface area (Å²) < 4.78 is 73.8. The summed E-state index contributed by atoms with van der Waals surface area (Å²) in [6.07, 6.45) is 0. The average Bonchev–Trinajstić information content (AvgIpc) is 3.89. The SMILES string of the molecule is CCn1nc(C)cc1C(=O)/N=c1\n(C)c2cc(C(N)=O)ccc2n1CC(F)(F)C(F)(F)Cn1/c(=N/C(=O)c2cc(C)nn2CC)n(C)c2cc(C(N)=O)cc(C(C)C)c21. The molecule has 0 aliphatic carbocycles. The van der Waals surface area contributed by atoms with Crippen LogP contribution in [0.1, 0.15) is 92.3 Å². The van der Waals surface area contributed by atoms with Gasteiger partial charge in [-0.25, -0.2) is 0 Å². The van der Waals surface area contributed by atoms with Crippen LogP contribution in [0.25, 0.3) is 22.1 Å². The number of hydrogen-bond donors (Lipinski definition) is 2. The third-order valence-corrected chi connectivity index (χ3v) is 10.1. The molecule has 4 amide bonds. The number of fused-ring (bicyclic) bond motifs is 2. The van der Waals surface area contributed by atoms with Gasteiger partial charge in [-0.2, -0.15) is 37.7 Å². The van der Waals surface area contributed by atoms with Gasteiger partial charge in [0.05, 0.1) is 46.5 Å². The van der Waals surface area contributed by atoms with Crippen molar-refractivity contribution in [2.45, 2.75) is 85.5 Å². The van der Waals surface area contributed by atoms with Crippen LogP contribution in [0.2, 0.25) is 0 Å². The molecule has 0 saturated carbocycles. The Bertz CT molecular complexity index is 2850. The maximum atomic E-state index is 16.8. The number of aromatic nitrogens is 8. The molecule has 0 atom stereocenters. The van der Waals surface area contributed by atoms with E-state index in [0.29, 0.717) is 17.0 Å². The Morgan fingerprint density at radius 1 is 0.678 bits per heavy atom. The van der Waals surface area contributed by atoms with Crippen LogP contribution in [0.5, 0.6) is 0 Å². The number of imidazole rings is 2. The number of rotatable bonds is 12. The normalized spacial score (nSPS) is 13.1. The Kier molecular flexibility index (Phi) is 10.9. The Morgan fingerprint density at radius 3 is 1.61 bits per heavy atom. The third kappa shape index (κ3) is 7.49. The van der Waals surface area contributed by atoms with Crippen LogP contribution in [0, 0.1) is 13.8 Å². The lowest BCUT2D eigenvalue weighted by molar-refractivity contribution is -0.221. The predicted octanol–water partition coefficient (Wildman–Crippen LogP) is 4.10. The molecule has 0 saturated heterocycles. The number of amides is 4. The first-order valence-corrected chi connectivity index (χ1v) is 18.6. The molecular weight excluding hydrogens is 777 g/mol. The van der Waals surface area contributed by atoms with Crippen molar-refractivity contribution in [2.24, 2.45) is 35.5 Å². The molecular formula is C39H44F4N12O4. The van der Waals surface area contributed by atoms with Crippen LogP contribution in [0.4, 0.5) is 17.6 Å². The predicted molar refractivity (Wildman–Crippen MR) is 208 cm³/mol. The van der Waals surface area contributed by atoms with Crippen molar-refractivity contribution in [1.82, 2.24) is 37.8 Å². The first-order chi connectivity index (χ1) is 27.6. The van der Waals surface area contributed by atoms with E-state index in [-0.39, 0.29) is 57.7 Å². The summed E-state index contributed by atoms with van der Waals surface area (Å²) in [5, 5.41) is 8.50. The molecule has 2 aromatic carbocycles. The van der Waals surface area contributed by atoms with E-state index in [2.05, 4.69) is 20.2 Å². The zero-order valence-corrected chi connectivity index (χ0v) is 33.7. The number of carbonyl (C=O) groups is 4. The Balaban J connectivity index is 1.56. The van der Waals surface area contributed by atoms with E-state index in [4.69, 9.17) is 11.5 Å². The van der Waals surface area contributed by atoms with Crippen molar-refractivity contribution in [1.29, 1.82) is 0 Å². The second kappa shape index (κ2) is 15.3. The van der Waals surface area contributed by atoms with Crippen molar-refractivity contribution >= 4 is 45.7 Å². The fourth-order valence-corrected chi connectivity index (χ4v) is 7.15. The van der Waals surface area contributed by atoms with Crippen LogP contribution < -0.4 is 22.7 Å². The smallest absolute Gasteiger partial charge is 0.329 e. The van der Waals surface area contributed by atoms with Crippen molar-refractivity contribution in [3.8, 4) is 0 Å². The molecule has 16 nitrogen and oxygen atoms in total. The number of alkyl halides is 4. The van der Waals surface area contributed by atoms with Crippen LogP contribution in [-0.2, 0) is 40.3 Å². The van der Waals surface area contributed by atoms with Crippen molar-refractivity contribution in [3.05, 3.63) is 93.2 Å². The van der Waals surface area contributed by atoms with Gasteiger partial charge in [0.25, 0.3) is 11.8 Å². The van der Waals surface area contributed by atoms with E-state index >= 15 is 17.6 Å². The quantitative estimate of drug-likeness (QED) is 0.174. The maximum Gasteiger partial charge on any atom is 0.329 e. The van der Waals surface area contributed by atoms with Gasteiger partial charge in [-0.05, 0) is 81.6 Å². The highest BCUT2D eigenvalue weighted by Gasteiger charge is 2.57. The van der Waals surface area contributed by atoms with Gasteiger partial charge in [-0.3, -0.25) is 28.5 Å². The highest BCUT2D eigenvalue weighted by Crippen LogP contribution is 2.39. The minimum atomic E-state index is -4.89. The minimum absolute atomic E-state index is 0.00400. The number of hydrogen-bond acceptors (Lipinski definition) is 6. The number of nitrogens with two attached hydrogens (primary N) is 2. The molecule has 6 aromatic rings. The first-order valence-electron chi connectivity index (χ1n) is 18.6. The summed E-state index contributed by atoms with van der Waals surface area (Å²) in [4.78, 5) is 60.1. The van der Waals surface area contributed by atoms with Gasteiger partial charge in [0, 0.05) is 38.3 Å². The van der Waals surface area contributed by atoms with Gasteiger partial charge >= 0.3 is 11.8 Å². The molecule has 4 heterocycles. The monoisotopic (exact) mass is 820 g/mol. The topological polar surface area (TPSA) is 200 Å². The lowest BCUT2D eigenvalue weighted by Gasteiger charge is -2.28. The number of benzene rings is 2. The number of primary amides is 2. The summed E-state index contributed by atoms with van der Waals surface area (Å²) in [7, 11) is 2.78. The molecule has 0 bridgehead atoms.